The molecule has 1 fully saturated rings. The van der Waals surface area contributed by atoms with Crippen molar-refractivity contribution < 1.29 is 4.74 Å². The molecule has 2 aromatic heterocycles. The number of rotatable bonds is 6. The second kappa shape index (κ2) is 8.36. The fourth-order valence-corrected chi connectivity index (χ4v) is 3.05. The summed E-state index contributed by atoms with van der Waals surface area (Å²) in [4.78, 5) is 17.4. The first kappa shape index (κ1) is 17.8. The van der Waals surface area contributed by atoms with Gasteiger partial charge in [-0.15, -0.1) is 0 Å². The molecule has 0 aliphatic carbocycles. The van der Waals surface area contributed by atoms with Crippen LogP contribution >= 0.6 is 0 Å². The van der Waals surface area contributed by atoms with Gasteiger partial charge in [-0.05, 0) is 37.5 Å². The molecule has 6 nitrogen and oxygen atoms in total. The first-order valence-corrected chi connectivity index (χ1v) is 8.84. The maximum atomic E-state index is 5.97. The Bertz CT molecular complexity index is 674. The Morgan fingerprint density at radius 2 is 2.00 bits per heavy atom. The highest BCUT2D eigenvalue weighted by molar-refractivity contribution is 5.39. The highest BCUT2D eigenvalue weighted by Crippen LogP contribution is 2.16. The lowest BCUT2D eigenvalue weighted by Gasteiger charge is -2.33. The summed E-state index contributed by atoms with van der Waals surface area (Å²) in [5, 5.41) is 0. The van der Waals surface area contributed by atoms with Gasteiger partial charge in [0, 0.05) is 57.9 Å². The fraction of sp³-hybridized carbons (Fsp3) is 0.526. The van der Waals surface area contributed by atoms with Crippen molar-refractivity contribution in [3.05, 3.63) is 47.7 Å². The van der Waals surface area contributed by atoms with E-state index in [9.17, 15) is 0 Å². The number of hydrogen-bond donors (Lipinski definition) is 0. The zero-order chi connectivity index (χ0) is 17.6. The molecule has 1 aliphatic heterocycles. The molecule has 0 aromatic carbocycles. The molecule has 6 heteroatoms. The number of pyridine rings is 1. The first-order chi connectivity index (χ1) is 12.1. The lowest BCUT2D eigenvalue weighted by molar-refractivity contribution is -0.0346. The maximum Gasteiger partial charge on any atom is 0.128 e. The quantitative estimate of drug-likeness (QED) is 0.802. The van der Waals surface area contributed by atoms with E-state index in [1.807, 2.05) is 44.5 Å². The average Bonchev–Trinajstić information content (AvgIpc) is 2.62. The van der Waals surface area contributed by atoms with Gasteiger partial charge >= 0.3 is 0 Å². The van der Waals surface area contributed by atoms with E-state index in [0.717, 1.165) is 56.3 Å². The van der Waals surface area contributed by atoms with Gasteiger partial charge in [-0.1, -0.05) is 0 Å². The Labute approximate surface area is 149 Å². The van der Waals surface area contributed by atoms with E-state index in [1.165, 1.54) is 5.56 Å². The Kier molecular flexibility index (Phi) is 5.94. The molecule has 1 atom stereocenters. The van der Waals surface area contributed by atoms with Crippen molar-refractivity contribution in [2.45, 2.75) is 32.4 Å². The molecular formula is C19H27N5O. The van der Waals surface area contributed by atoms with E-state index in [4.69, 9.17) is 4.74 Å². The minimum absolute atomic E-state index is 0.274. The maximum absolute atomic E-state index is 5.97. The van der Waals surface area contributed by atoms with E-state index < -0.39 is 0 Å². The molecular weight excluding hydrogens is 314 g/mol. The second-order valence-corrected chi connectivity index (χ2v) is 6.82. The number of nitrogens with zero attached hydrogens (tertiary/aromatic N) is 5. The van der Waals surface area contributed by atoms with Crippen molar-refractivity contribution in [3.8, 4) is 0 Å². The SMILES string of the molecule is Cc1ncc(CN2CCO[C@H](CCc3ccnc(N(C)C)c3)C2)cn1. The number of anilines is 1. The molecule has 1 aliphatic rings. The molecule has 0 unspecified atom stereocenters. The van der Waals surface area contributed by atoms with Gasteiger partial charge in [0.2, 0.25) is 0 Å². The number of morpholine rings is 1. The molecule has 3 rings (SSSR count). The van der Waals surface area contributed by atoms with Crippen LogP contribution in [0, 0.1) is 6.92 Å². The number of aryl methyl sites for hydroxylation is 2. The summed E-state index contributed by atoms with van der Waals surface area (Å²) in [6, 6.07) is 4.25. The molecule has 1 saturated heterocycles. The van der Waals surface area contributed by atoms with Gasteiger partial charge in [0.25, 0.3) is 0 Å². The van der Waals surface area contributed by atoms with Gasteiger partial charge in [0.05, 0.1) is 12.7 Å². The van der Waals surface area contributed by atoms with E-state index in [0.29, 0.717) is 0 Å². The van der Waals surface area contributed by atoms with Gasteiger partial charge in [0.15, 0.2) is 0 Å². The van der Waals surface area contributed by atoms with Crippen LogP contribution in [0.1, 0.15) is 23.4 Å². The van der Waals surface area contributed by atoms with E-state index in [-0.39, 0.29) is 6.10 Å². The van der Waals surface area contributed by atoms with Crippen LogP contribution in [0.3, 0.4) is 0 Å². The Hall–Kier alpha value is -2.05. The highest BCUT2D eigenvalue weighted by Gasteiger charge is 2.20. The smallest absolute Gasteiger partial charge is 0.128 e. The van der Waals surface area contributed by atoms with Crippen molar-refractivity contribution in [1.29, 1.82) is 0 Å². The third kappa shape index (κ3) is 5.21. The van der Waals surface area contributed by atoms with Crippen LogP contribution in [-0.4, -0.2) is 59.7 Å². The van der Waals surface area contributed by atoms with E-state index >= 15 is 0 Å². The van der Waals surface area contributed by atoms with Crippen LogP contribution in [0.4, 0.5) is 5.82 Å². The normalized spacial score (nSPS) is 18.3. The van der Waals surface area contributed by atoms with Crippen molar-refractivity contribution in [1.82, 2.24) is 19.9 Å². The van der Waals surface area contributed by atoms with Crippen molar-refractivity contribution >= 4 is 5.82 Å². The summed E-state index contributed by atoms with van der Waals surface area (Å²) >= 11 is 0. The monoisotopic (exact) mass is 341 g/mol. The lowest BCUT2D eigenvalue weighted by atomic mass is 10.1. The summed E-state index contributed by atoms with van der Waals surface area (Å²) < 4.78 is 5.97. The van der Waals surface area contributed by atoms with Gasteiger partial charge in [-0.25, -0.2) is 15.0 Å². The highest BCUT2D eigenvalue weighted by atomic mass is 16.5. The Morgan fingerprint density at radius 3 is 2.76 bits per heavy atom. The molecule has 0 saturated carbocycles. The molecule has 0 N–H and O–H groups in total. The minimum Gasteiger partial charge on any atom is -0.376 e. The molecule has 0 amide bonds. The van der Waals surface area contributed by atoms with Gasteiger partial charge in [-0.3, -0.25) is 4.90 Å². The van der Waals surface area contributed by atoms with Gasteiger partial charge in [-0.2, -0.15) is 0 Å². The predicted molar refractivity (Wildman–Crippen MR) is 98.7 cm³/mol. The van der Waals surface area contributed by atoms with E-state index in [2.05, 4.69) is 32.0 Å². The molecule has 0 bridgehead atoms. The van der Waals surface area contributed by atoms with E-state index in [1.54, 1.807) is 0 Å². The van der Waals surface area contributed by atoms with Crippen molar-refractivity contribution in [2.24, 2.45) is 0 Å². The molecule has 0 spiro atoms. The van der Waals surface area contributed by atoms with Crippen LogP contribution in [0.2, 0.25) is 0 Å². The molecule has 25 heavy (non-hydrogen) atoms. The van der Waals surface area contributed by atoms with Crippen LogP contribution in [0.15, 0.2) is 30.7 Å². The zero-order valence-corrected chi connectivity index (χ0v) is 15.4. The summed E-state index contributed by atoms with van der Waals surface area (Å²) in [5.41, 5.74) is 2.47. The van der Waals surface area contributed by atoms with Gasteiger partial charge in [0.1, 0.15) is 11.6 Å². The van der Waals surface area contributed by atoms with Crippen molar-refractivity contribution in [2.75, 3.05) is 38.7 Å². The van der Waals surface area contributed by atoms with Crippen LogP contribution < -0.4 is 4.90 Å². The number of aromatic nitrogens is 3. The summed E-state index contributed by atoms with van der Waals surface area (Å²) in [7, 11) is 4.03. The van der Waals surface area contributed by atoms with Gasteiger partial charge < -0.3 is 9.64 Å². The Morgan fingerprint density at radius 1 is 1.20 bits per heavy atom. The topological polar surface area (TPSA) is 54.4 Å². The summed E-state index contributed by atoms with van der Waals surface area (Å²) in [6.45, 7) is 5.51. The summed E-state index contributed by atoms with van der Waals surface area (Å²) in [6.07, 6.45) is 8.04. The largest absolute Gasteiger partial charge is 0.376 e. The third-order valence-electron chi connectivity index (χ3n) is 4.49. The lowest BCUT2D eigenvalue weighted by Crippen LogP contribution is -2.42. The standard InChI is InChI=1S/C19H27N5O/c1-15-21-11-17(12-22-15)13-24-8-9-25-18(14-24)5-4-16-6-7-20-19(10-16)23(2)3/h6-7,10-12,18H,4-5,8-9,13-14H2,1-3H3/t18-/m1/s1. The average molecular weight is 341 g/mol. The zero-order valence-electron chi connectivity index (χ0n) is 15.4. The van der Waals surface area contributed by atoms with Crippen LogP contribution in [0.5, 0.6) is 0 Å². The molecule has 0 radical (unpaired) electrons. The molecule has 2 aromatic rings. The fourth-order valence-electron chi connectivity index (χ4n) is 3.05. The third-order valence-corrected chi connectivity index (χ3v) is 4.49. The minimum atomic E-state index is 0.274. The molecule has 134 valence electrons. The number of ether oxygens (including phenoxy) is 1. The predicted octanol–water partition coefficient (Wildman–Crippen LogP) is 2.08. The first-order valence-electron chi connectivity index (χ1n) is 8.84. The Balaban J connectivity index is 1.51. The molecule has 3 heterocycles. The van der Waals surface area contributed by atoms with Crippen molar-refractivity contribution in [3.63, 3.8) is 0 Å². The summed E-state index contributed by atoms with van der Waals surface area (Å²) in [5.74, 6) is 1.82. The van der Waals surface area contributed by atoms with Crippen LogP contribution in [-0.2, 0) is 17.7 Å². The van der Waals surface area contributed by atoms with Crippen LogP contribution in [0.25, 0.3) is 0 Å². The second-order valence-electron chi connectivity index (χ2n) is 6.82. The number of hydrogen-bond acceptors (Lipinski definition) is 6.